The molecule has 0 aromatic heterocycles. The fourth-order valence-corrected chi connectivity index (χ4v) is 4.50. The molecule has 2 amide bonds. The number of anilines is 1. The van der Waals surface area contributed by atoms with Gasteiger partial charge in [-0.15, -0.1) is 12.4 Å². The quantitative estimate of drug-likeness (QED) is 0.830. The van der Waals surface area contributed by atoms with Gasteiger partial charge in [-0.05, 0) is 43.4 Å². The van der Waals surface area contributed by atoms with Crippen LogP contribution < -0.4 is 10.2 Å². The Labute approximate surface area is 163 Å². The first-order valence-corrected chi connectivity index (χ1v) is 9.22. The fourth-order valence-electron chi connectivity index (χ4n) is 4.50. The molecule has 3 aliphatic rings. The molecule has 1 atom stereocenters. The number of piperidine rings is 1. The lowest BCUT2D eigenvalue weighted by atomic mass is 9.77. The minimum Gasteiger partial charge on any atom is -0.342 e. The molecule has 27 heavy (non-hydrogen) atoms. The van der Waals surface area contributed by atoms with E-state index in [0.29, 0.717) is 5.41 Å². The number of nitrogens with one attached hydrogen (secondary N) is 1. The van der Waals surface area contributed by atoms with Crippen LogP contribution in [0.1, 0.15) is 25.7 Å². The Balaban J connectivity index is 0.00000210. The summed E-state index contributed by atoms with van der Waals surface area (Å²) in [5.41, 5.74) is 0.505. The van der Waals surface area contributed by atoms with Crippen molar-refractivity contribution in [3.8, 4) is 0 Å². The van der Waals surface area contributed by atoms with Gasteiger partial charge in [-0.3, -0.25) is 9.59 Å². The van der Waals surface area contributed by atoms with Gasteiger partial charge in [0.2, 0.25) is 11.8 Å². The predicted molar refractivity (Wildman–Crippen MR) is 99.8 cm³/mol. The van der Waals surface area contributed by atoms with Gasteiger partial charge in [0.15, 0.2) is 0 Å². The van der Waals surface area contributed by atoms with Crippen LogP contribution in [0.15, 0.2) is 18.2 Å². The van der Waals surface area contributed by atoms with Gasteiger partial charge in [-0.2, -0.15) is 0 Å². The first kappa shape index (κ1) is 20.0. The monoisotopic (exact) mass is 399 g/mol. The highest BCUT2D eigenvalue weighted by Gasteiger charge is 2.42. The van der Waals surface area contributed by atoms with Gasteiger partial charge in [0, 0.05) is 44.4 Å². The van der Waals surface area contributed by atoms with Crippen molar-refractivity contribution < 1.29 is 18.4 Å². The molecular formula is C19H24ClF2N3O2. The number of halogens is 3. The summed E-state index contributed by atoms with van der Waals surface area (Å²) in [6, 6.07) is 3.03. The lowest BCUT2D eigenvalue weighted by molar-refractivity contribution is -0.137. The Morgan fingerprint density at radius 2 is 1.78 bits per heavy atom. The Kier molecular flexibility index (Phi) is 5.72. The Hall–Kier alpha value is -1.73. The molecule has 5 nitrogen and oxygen atoms in total. The Morgan fingerprint density at radius 3 is 2.37 bits per heavy atom. The van der Waals surface area contributed by atoms with Gasteiger partial charge < -0.3 is 15.1 Å². The van der Waals surface area contributed by atoms with E-state index in [1.165, 1.54) is 4.90 Å². The lowest BCUT2D eigenvalue weighted by Crippen LogP contribution is -2.46. The van der Waals surface area contributed by atoms with Crippen molar-refractivity contribution in [2.24, 2.45) is 11.3 Å². The lowest BCUT2D eigenvalue weighted by Gasteiger charge is -2.39. The average Bonchev–Trinajstić information content (AvgIpc) is 3.21. The molecule has 0 saturated carbocycles. The van der Waals surface area contributed by atoms with Crippen LogP contribution in [0, 0.1) is 23.0 Å². The summed E-state index contributed by atoms with van der Waals surface area (Å²) < 4.78 is 26.9. The van der Waals surface area contributed by atoms with Crippen LogP contribution in [0.4, 0.5) is 14.5 Å². The normalized spacial score (nSPS) is 24.4. The molecule has 1 spiro atoms. The topological polar surface area (TPSA) is 52.7 Å². The minimum absolute atomic E-state index is 0. The third kappa shape index (κ3) is 3.94. The van der Waals surface area contributed by atoms with Crippen molar-refractivity contribution in [1.29, 1.82) is 0 Å². The molecule has 1 N–H and O–H groups in total. The molecule has 1 aromatic carbocycles. The first-order valence-electron chi connectivity index (χ1n) is 9.22. The molecule has 3 fully saturated rings. The molecule has 3 aliphatic heterocycles. The van der Waals surface area contributed by atoms with Crippen molar-refractivity contribution in [1.82, 2.24) is 10.2 Å². The maximum absolute atomic E-state index is 13.4. The second-order valence-electron chi connectivity index (χ2n) is 7.79. The van der Waals surface area contributed by atoms with Crippen LogP contribution in [-0.4, -0.2) is 49.4 Å². The van der Waals surface area contributed by atoms with Crippen molar-refractivity contribution in [2.45, 2.75) is 25.7 Å². The summed E-state index contributed by atoms with van der Waals surface area (Å²) in [5, 5.41) is 3.40. The van der Waals surface area contributed by atoms with Crippen molar-refractivity contribution >= 4 is 29.9 Å². The molecule has 3 heterocycles. The van der Waals surface area contributed by atoms with Crippen LogP contribution in [-0.2, 0) is 9.59 Å². The predicted octanol–water partition coefficient (Wildman–Crippen LogP) is 2.34. The van der Waals surface area contributed by atoms with Gasteiger partial charge in [0.05, 0.1) is 5.92 Å². The van der Waals surface area contributed by atoms with Crippen molar-refractivity contribution in [3.63, 3.8) is 0 Å². The Morgan fingerprint density at radius 1 is 1.11 bits per heavy atom. The zero-order chi connectivity index (χ0) is 18.3. The molecule has 8 heteroatoms. The summed E-state index contributed by atoms with van der Waals surface area (Å²) >= 11 is 0. The van der Waals surface area contributed by atoms with Gasteiger partial charge in [0.25, 0.3) is 0 Å². The first-order chi connectivity index (χ1) is 12.5. The second-order valence-corrected chi connectivity index (χ2v) is 7.79. The molecule has 3 saturated heterocycles. The maximum Gasteiger partial charge on any atom is 0.228 e. The number of amides is 2. The van der Waals surface area contributed by atoms with E-state index in [2.05, 4.69) is 5.32 Å². The van der Waals surface area contributed by atoms with E-state index in [-0.39, 0.29) is 42.9 Å². The molecular weight excluding hydrogens is 376 g/mol. The number of rotatable bonds is 2. The van der Waals surface area contributed by atoms with Crippen LogP contribution in [0.5, 0.6) is 0 Å². The number of carbonyl (C=O) groups excluding carboxylic acids is 2. The number of hydrogen-bond donors (Lipinski definition) is 1. The third-order valence-corrected chi connectivity index (χ3v) is 6.10. The molecule has 0 bridgehead atoms. The number of benzene rings is 1. The summed E-state index contributed by atoms with van der Waals surface area (Å²) in [5.74, 6) is -2.17. The van der Waals surface area contributed by atoms with E-state index in [1.807, 2.05) is 4.90 Å². The summed E-state index contributed by atoms with van der Waals surface area (Å²) in [6.45, 7) is 3.70. The summed E-state index contributed by atoms with van der Waals surface area (Å²) in [4.78, 5) is 28.3. The van der Waals surface area contributed by atoms with E-state index >= 15 is 0 Å². The molecule has 1 unspecified atom stereocenters. The van der Waals surface area contributed by atoms with Crippen LogP contribution in [0.3, 0.4) is 0 Å². The molecule has 0 aliphatic carbocycles. The van der Waals surface area contributed by atoms with E-state index in [9.17, 15) is 18.4 Å². The smallest absolute Gasteiger partial charge is 0.228 e. The van der Waals surface area contributed by atoms with Gasteiger partial charge in [-0.25, -0.2) is 8.78 Å². The van der Waals surface area contributed by atoms with Gasteiger partial charge >= 0.3 is 0 Å². The largest absolute Gasteiger partial charge is 0.342 e. The fraction of sp³-hybridized carbons (Fsp3) is 0.579. The SMILES string of the molecule is Cl.O=C(C1CC(=O)N(c2cc(F)cc(F)c2)C1)N1CCC2(CCNC2)CC1. The van der Waals surface area contributed by atoms with Crippen LogP contribution in [0.2, 0.25) is 0 Å². The van der Waals surface area contributed by atoms with Gasteiger partial charge in [0.1, 0.15) is 11.6 Å². The molecule has 0 radical (unpaired) electrons. The molecule has 148 valence electrons. The van der Waals surface area contributed by atoms with Crippen molar-refractivity contribution in [2.75, 3.05) is 37.6 Å². The van der Waals surface area contributed by atoms with Crippen LogP contribution >= 0.6 is 12.4 Å². The summed E-state index contributed by atoms with van der Waals surface area (Å²) in [7, 11) is 0. The van der Waals surface area contributed by atoms with Gasteiger partial charge in [-0.1, -0.05) is 0 Å². The molecule has 4 rings (SSSR count). The van der Waals surface area contributed by atoms with E-state index in [0.717, 1.165) is 63.6 Å². The zero-order valence-corrected chi connectivity index (χ0v) is 15.9. The highest BCUT2D eigenvalue weighted by molar-refractivity contribution is 6.00. The minimum atomic E-state index is -0.728. The number of likely N-dealkylation sites (tertiary alicyclic amines) is 1. The molecule has 1 aromatic rings. The average molecular weight is 400 g/mol. The number of carbonyl (C=O) groups is 2. The third-order valence-electron chi connectivity index (χ3n) is 6.10. The number of nitrogens with zero attached hydrogens (tertiary/aromatic N) is 2. The van der Waals surface area contributed by atoms with E-state index < -0.39 is 17.6 Å². The standard InChI is InChI=1S/C19H23F2N3O2.ClH/c20-14-8-15(21)10-16(9-14)24-11-13(7-17(24)25)18(26)23-5-2-19(3-6-23)1-4-22-12-19;/h8-10,13,22H,1-7,11-12H2;1H. The maximum atomic E-state index is 13.4. The van der Waals surface area contributed by atoms with Crippen LogP contribution in [0.25, 0.3) is 0 Å². The zero-order valence-electron chi connectivity index (χ0n) is 15.0. The van der Waals surface area contributed by atoms with E-state index in [4.69, 9.17) is 0 Å². The van der Waals surface area contributed by atoms with E-state index in [1.54, 1.807) is 0 Å². The highest BCUT2D eigenvalue weighted by Crippen LogP contribution is 2.38. The number of hydrogen-bond acceptors (Lipinski definition) is 3. The second kappa shape index (κ2) is 7.72. The highest BCUT2D eigenvalue weighted by atomic mass is 35.5. The van der Waals surface area contributed by atoms with Crippen molar-refractivity contribution in [3.05, 3.63) is 29.8 Å². The summed E-state index contributed by atoms with van der Waals surface area (Å²) in [6.07, 6.45) is 3.24. The Bertz CT molecular complexity index is 709.